The molecule has 0 saturated carbocycles. The lowest BCUT2D eigenvalue weighted by Gasteiger charge is -2.27. The Balaban J connectivity index is 2.66. The highest BCUT2D eigenvalue weighted by atomic mass is 32.2. The van der Waals surface area contributed by atoms with Gasteiger partial charge < -0.3 is 4.90 Å². The van der Waals surface area contributed by atoms with Crippen LogP contribution in [0, 0.1) is 0 Å². The maximum Gasteiger partial charge on any atom is 0.255 e. The van der Waals surface area contributed by atoms with E-state index in [1.54, 1.807) is 4.90 Å². The Morgan fingerprint density at radius 2 is 1.78 bits per heavy atom. The van der Waals surface area contributed by atoms with Gasteiger partial charge in [-0.2, -0.15) is 0 Å². The van der Waals surface area contributed by atoms with Crippen LogP contribution in [0.2, 0.25) is 0 Å². The van der Waals surface area contributed by atoms with E-state index >= 15 is 0 Å². The summed E-state index contributed by atoms with van der Waals surface area (Å²) in [5.41, 5.74) is 5.37. The molecule has 0 aliphatic rings. The van der Waals surface area contributed by atoms with Crippen LogP contribution in [0.3, 0.4) is 0 Å². The molecule has 0 aliphatic carbocycles. The maximum absolute atomic E-state index is 12.3. The van der Waals surface area contributed by atoms with Gasteiger partial charge >= 0.3 is 0 Å². The second kappa shape index (κ2) is 10.4. The number of carbonyl (C=O) groups excluding carboxylic acids is 1. The van der Waals surface area contributed by atoms with Crippen molar-refractivity contribution in [3.63, 3.8) is 0 Å². The molecule has 0 aliphatic heterocycles. The third-order valence-electron chi connectivity index (χ3n) is 3.41. The molecule has 0 unspecified atom stereocenters. The van der Waals surface area contributed by atoms with Crippen LogP contribution in [0.15, 0.2) is 18.6 Å². The zero-order valence-corrected chi connectivity index (χ0v) is 18.0. The number of thiocarbonyl (C=S) groups is 2. The molecule has 1 amide bonds. The van der Waals surface area contributed by atoms with Gasteiger partial charge in [-0.3, -0.25) is 30.6 Å². The highest BCUT2D eigenvalue weighted by Gasteiger charge is 2.25. The van der Waals surface area contributed by atoms with E-state index in [-0.39, 0.29) is 10.1 Å². The molecule has 150 valence electrons. The summed E-state index contributed by atoms with van der Waals surface area (Å²) in [6.07, 6.45) is 4.39. The lowest BCUT2D eigenvalue weighted by atomic mass is 10.4. The van der Waals surface area contributed by atoms with Crippen LogP contribution in [0.25, 0.3) is 0 Å². The fourth-order valence-electron chi connectivity index (χ4n) is 1.90. The molecule has 1 aromatic heterocycles. The number of nitrogens with one attached hydrogen (secondary N) is 2. The van der Waals surface area contributed by atoms with E-state index in [4.69, 9.17) is 24.4 Å². The van der Waals surface area contributed by atoms with Crippen molar-refractivity contribution in [3.8, 4) is 0 Å². The lowest BCUT2D eigenvalue weighted by molar-refractivity contribution is -0.121. The Labute approximate surface area is 169 Å². The average molecular weight is 434 g/mol. The minimum Gasteiger partial charge on any atom is -0.349 e. The summed E-state index contributed by atoms with van der Waals surface area (Å²) in [6.45, 7) is 5.05. The van der Waals surface area contributed by atoms with Crippen molar-refractivity contribution in [2.45, 2.75) is 13.8 Å². The van der Waals surface area contributed by atoms with Gasteiger partial charge in [-0.15, -0.1) is 4.41 Å². The highest BCUT2D eigenvalue weighted by Crippen LogP contribution is 2.00. The van der Waals surface area contributed by atoms with Crippen molar-refractivity contribution < 1.29 is 13.2 Å². The number of carbonyl (C=O) groups is 1. The maximum atomic E-state index is 12.3. The van der Waals surface area contributed by atoms with Gasteiger partial charge in [-0.25, -0.2) is 8.42 Å². The Morgan fingerprint density at radius 3 is 2.30 bits per heavy atom. The molecule has 1 rings (SSSR count). The van der Waals surface area contributed by atoms with E-state index in [1.165, 1.54) is 37.7 Å². The average Bonchev–Trinajstić information content (AvgIpc) is 2.62. The molecule has 0 aromatic carbocycles. The van der Waals surface area contributed by atoms with Crippen LogP contribution < -0.4 is 10.9 Å². The Bertz CT molecular complexity index is 769. The molecule has 1 heterocycles. The van der Waals surface area contributed by atoms with Gasteiger partial charge in [0.05, 0.1) is 6.20 Å². The van der Waals surface area contributed by atoms with Crippen molar-refractivity contribution in [1.82, 2.24) is 35.1 Å². The smallest absolute Gasteiger partial charge is 0.255 e. The zero-order valence-electron chi connectivity index (χ0n) is 15.5. The van der Waals surface area contributed by atoms with Crippen LogP contribution in [-0.4, -0.2) is 81.7 Å². The number of sulfonamides is 1. The van der Waals surface area contributed by atoms with Crippen LogP contribution in [-0.2, 0) is 14.8 Å². The monoisotopic (exact) mass is 433 g/mol. The summed E-state index contributed by atoms with van der Waals surface area (Å²) in [5.74, 6) is -1.55. The molecule has 0 saturated heterocycles. The van der Waals surface area contributed by atoms with Gasteiger partial charge in [-0.1, -0.05) is 12.2 Å². The summed E-state index contributed by atoms with van der Waals surface area (Å²) in [6, 6.07) is 0. The van der Waals surface area contributed by atoms with Crippen molar-refractivity contribution >= 4 is 50.5 Å². The predicted octanol–water partition coefficient (Wildman–Crippen LogP) is -0.492. The van der Waals surface area contributed by atoms with Gasteiger partial charge in [-0.05, 0) is 26.1 Å². The number of nitrogens with zero attached hydrogens (tertiary/aromatic N) is 5. The molecule has 0 bridgehead atoms. The van der Waals surface area contributed by atoms with Crippen molar-refractivity contribution in [2.75, 3.05) is 32.9 Å². The van der Waals surface area contributed by atoms with Gasteiger partial charge in [0.25, 0.3) is 5.91 Å². The topological polar surface area (TPSA) is 111 Å². The number of aromatic nitrogens is 2. The molecule has 1 aromatic rings. The fourth-order valence-corrected chi connectivity index (χ4v) is 3.32. The normalized spacial score (nSPS) is 11.0. The van der Waals surface area contributed by atoms with E-state index in [0.29, 0.717) is 18.8 Å². The molecule has 2 N–H and O–H groups in total. The summed E-state index contributed by atoms with van der Waals surface area (Å²) in [5, 5.41) is 1.47. The van der Waals surface area contributed by atoms with E-state index in [1.807, 2.05) is 13.8 Å². The van der Waals surface area contributed by atoms with Crippen molar-refractivity contribution in [3.05, 3.63) is 24.3 Å². The Morgan fingerprint density at radius 1 is 1.15 bits per heavy atom. The first kappa shape index (κ1) is 23.1. The van der Waals surface area contributed by atoms with E-state index in [2.05, 4.69) is 20.8 Å². The number of amides is 1. The third kappa shape index (κ3) is 6.93. The van der Waals surface area contributed by atoms with Crippen LogP contribution in [0.4, 0.5) is 0 Å². The first-order chi connectivity index (χ1) is 12.6. The zero-order chi connectivity index (χ0) is 20.6. The summed E-state index contributed by atoms with van der Waals surface area (Å²) in [7, 11) is -1.17. The molecule has 27 heavy (non-hydrogen) atoms. The standard InChI is InChI=1S/C14H23N7O3S3/c1-5-21(6-2)14(26)18-20(4)27(23,24)10-12(22)17-19(3)13(25)11-9-15-7-8-16-11/h7-9H,5-6,10H2,1-4H3,(H,17,22)(H,18,26). The summed E-state index contributed by atoms with van der Waals surface area (Å²) in [4.78, 5) is 22.0. The van der Waals surface area contributed by atoms with E-state index in [9.17, 15) is 13.2 Å². The quantitative estimate of drug-likeness (QED) is 0.431. The van der Waals surface area contributed by atoms with Gasteiger partial charge in [0.15, 0.2) is 5.11 Å². The minimum atomic E-state index is -3.94. The SMILES string of the molecule is CCN(CC)C(=S)NN(C)S(=O)(=O)CC(=O)NN(C)C(=S)c1cnccn1. The second-order valence-corrected chi connectivity index (χ2v) is 8.08. The molecule has 0 fully saturated rings. The number of hydrazine groups is 2. The molecule has 0 spiro atoms. The Kier molecular flexibility index (Phi) is 8.88. The largest absolute Gasteiger partial charge is 0.349 e. The first-order valence-electron chi connectivity index (χ1n) is 7.98. The number of hydrogen-bond acceptors (Lipinski definition) is 7. The predicted molar refractivity (Wildman–Crippen MR) is 110 cm³/mol. The number of hydrogen-bond donors (Lipinski definition) is 2. The van der Waals surface area contributed by atoms with E-state index in [0.717, 1.165) is 4.41 Å². The molecule has 10 nitrogen and oxygen atoms in total. The summed E-state index contributed by atoms with van der Waals surface area (Å²) < 4.78 is 25.5. The van der Waals surface area contributed by atoms with Crippen LogP contribution >= 0.6 is 24.4 Å². The molecule has 0 radical (unpaired) electrons. The summed E-state index contributed by atoms with van der Waals surface area (Å²) >= 11 is 10.3. The highest BCUT2D eigenvalue weighted by molar-refractivity contribution is 7.89. The van der Waals surface area contributed by atoms with E-state index < -0.39 is 21.7 Å². The third-order valence-corrected chi connectivity index (χ3v) is 5.80. The minimum absolute atomic E-state index is 0.197. The second-order valence-electron chi connectivity index (χ2n) is 5.30. The van der Waals surface area contributed by atoms with Gasteiger partial charge in [0.2, 0.25) is 10.0 Å². The van der Waals surface area contributed by atoms with Crippen LogP contribution in [0.1, 0.15) is 19.5 Å². The first-order valence-corrected chi connectivity index (χ1v) is 10.4. The Hall–Kier alpha value is -1.96. The molecular weight excluding hydrogens is 410 g/mol. The molecule has 13 heteroatoms. The number of rotatable bonds is 7. The fraction of sp³-hybridized carbons (Fsp3) is 0.500. The molecular formula is C14H23N7O3S3. The van der Waals surface area contributed by atoms with Crippen molar-refractivity contribution in [1.29, 1.82) is 0 Å². The van der Waals surface area contributed by atoms with Gasteiger partial charge in [0, 0.05) is 39.6 Å². The lowest BCUT2D eigenvalue weighted by Crippen LogP contribution is -2.52. The van der Waals surface area contributed by atoms with Crippen molar-refractivity contribution in [2.24, 2.45) is 0 Å². The van der Waals surface area contributed by atoms with Crippen LogP contribution in [0.5, 0.6) is 0 Å². The molecule has 0 atom stereocenters. The van der Waals surface area contributed by atoms with Gasteiger partial charge in [0.1, 0.15) is 16.4 Å².